The third-order valence-electron chi connectivity index (χ3n) is 5.41. The molecule has 130 valence electrons. The zero-order valence-electron chi connectivity index (χ0n) is 14.1. The molecule has 0 N–H and O–H groups in total. The number of amides is 1. The summed E-state index contributed by atoms with van der Waals surface area (Å²) in [5.74, 6) is 1.30. The van der Waals surface area contributed by atoms with Crippen LogP contribution in [0.4, 0.5) is 5.82 Å². The van der Waals surface area contributed by atoms with E-state index in [0.29, 0.717) is 18.5 Å². The predicted molar refractivity (Wildman–Crippen MR) is 90.7 cm³/mol. The van der Waals surface area contributed by atoms with Gasteiger partial charge in [-0.25, -0.2) is 9.97 Å². The van der Waals surface area contributed by atoms with E-state index in [1.165, 1.54) is 12.8 Å². The van der Waals surface area contributed by atoms with Gasteiger partial charge in [0.2, 0.25) is 5.91 Å². The van der Waals surface area contributed by atoms with E-state index in [-0.39, 0.29) is 12.0 Å². The number of carbonyl (C=O) groups is 1. The Labute approximate surface area is 143 Å². The van der Waals surface area contributed by atoms with E-state index in [1.807, 2.05) is 17.2 Å². The highest BCUT2D eigenvalue weighted by atomic mass is 16.5. The van der Waals surface area contributed by atoms with Crippen LogP contribution < -0.4 is 4.90 Å². The molecule has 6 heteroatoms. The number of carbonyl (C=O) groups excluding carboxylic acids is 1. The largest absolute Gasteiger partial charge is 0.378 e. The molecule has 1 aliphatic carbocycles. The molecule has 24 heavy (non-hydrogen) atoms. The number of rotatable bonds is 5. The highest BCUT2D eigenvalue weighted by Crippen LogP contribution is 2.35. The molecule has 1 amide bonds. The monoisotopic (exact) mass is 330 g/mol. The van der Waals surface area contributed by atoms with Crippen molar-refractivity contribution in [2.24, 2.45) is 0 Å². The van der Waals surface area contributed by atoms with Gasteiger partial charge in [0, 0.05) is 38.0 Å². The van der Waals surface area contributed by atoms with Crippen molar-refractivity contribution in [1.82, 2.24) is 14.9 Å². The molecule has 0 bridgehead atoms. The Balaban J connectivity index is 1.34. The van der Waals surface area contributed by atoms with Gasteiger partial charge in [-0.15, -0.1) is 0 Å². The third kappa shape index (κ3) is 3.53. The van der Waals surface area contributed by atoms with Crippen LogP contribution >= 0.6 is 0 Å². The second-order valence-corrected chi connectivity index (χ2v) is 7.16. The quantitative estimate of drug-likeness (QED) is 0.826. The van der Waals surface area contributed by atoms with Crippen molar-refractivity contribution in [3.8, 4) is 0 Å². The maximum absolute atomic E-state index is 12.5. The van der Waals surface area contributed by atoms with Gasteiger partial charge in [0.15, 0.2) is 0 Å². The molecule has 4 rings (SSSR count). The van der Waals surface area contributed by atoms with Crippen molar-refractivity contribution >= 4 is 11.7 Å². The first-order chi connectivity index (χ1) is 11.8. The van der Waals surface area contributed by atoms with Crippen LogP contribution in [0, 0.1) is 0 Å². The van der Waals surface area contributed by atoms with E-state index < -0.39 is 0 Å². The summed E-state index contributed by atoms with van der Waals surface area (Å²) < 4.78 is 5.60. The molecule has 0 spiro atoms. The lowest BCUT2D eigenvalue weighted by Gasteiger charge is -2.39. The van der Waals surface area contributed by atoms with E-state index in [2.05, 4.69) is 14.9 Å². The summed E-state index contributed by atoms with van der Waals surface area (Å²) in [5, 5.41) is 0. The first-order valence-electron chi connectivity index (χ1n) is 9.25. The van der Waals surface area contributed by atoms with Crippen LogP contribution in [-0.4, -0.2) is 58.7 Å². The summed E-state index contributed by atoms with van der Waals surface area (Å²) in [7, 11) is 0. The summed E-state index contributed by atoms with van der Waals surface area (Å²) in [6.07, 6.45) is 10.8. The Bertz CT molecular complexity index is 549. The molecule has 1 aromatic heterocycles. The fourth-order valence-electron chi connectivity index (χ4n) is 3.98. The molecule has 2 aliphatic heterocycles. The number of hydrogen-bond acceptors (Lipinski definition) is 5. The molecule has 1 unspecified atom stereocenters. The molecular formula is C18H26N4O2. The van der Waals surface area contributed by atoms with Gasteiger partial charge in [0.05, 0.1) is 12.5 Å². The Hall–Kier alpha value is -1.69. The number of ether oxygens (including phenoxy) is 1. The smallest absolute Gasteiger partial charge is 0.225 e. The third-order valence-corrected chi connectivity index (χ3v) is 5.41. The van der Waals surface area contributed by atoms with Gasteiger partial charge in [-0.2, -0.15) is 0 Å². The van der Waals surface area contributed by atoms with E-state index in [9.17, 15) is 4.79 Å². The van der Waals surface area contributed by atoms with Crippen LogP contribution in [0.15, 0.2) is 18.6 Å². The van der Waals surface area contributed by atoms with E-state index in [0.717, 1.165) is 51.2 Å². The molecule has 1 atom stereocenters. The molecule has 0 radical (unpaired) electrons. The van der Waals surface area contributed by atoms with Gasteiger partial charge >= 0.3 is 0 Å². The number of nitrogens with zero attached hydrogens (tertiary/aromatic N) is 4. The zero-order chi connectivity index (χ0) is 16.4. The van der Waals surface area contributed by atoms with Crippen molar-refractivity contribution in [2.45, 2.75) is 63.1 Å². The van der Waals surface area contributed by atoms with Crippen molar-refractivity contribution in [3.05, 3.63) is 18.6 Å². The molecule has 1 aromatic rings. The normalized spacial score (nSPS) is 25.0. The van der Waals surface area contributed by atoms with Crippen LogP contribution in [-0.2, 0) is 9.53 Å². The molecule has 6 nitrogen and oxygen atoms in total. The lowest BCUT2D eigenvalue weighted by molar-refractivity contribution is -0.134. The van der Waals surface area contributed by atoms with Gasteiger partial charge in [-0.1, -0.05) is 0 Å². The lowest BCUT2D eigenvalue weighted by atomic mass is 10.0. The van der Waals surface area contributed by atoms with Crippen molar-refractivity contribution in [3.63, 3.8) is 0 Å². The first kappa shape index (κ1) is 15.8. The molecule has 3 aliphatic rings. The second-order valence-electron chi connectivity index (χ2n) is 7.16. The maximum atomic E-state index is 12.5. The van der Waals surface area contributed by atoms with Gasteiger partial charge < -0.3 is 14.5 Å². The number of aromatic nitrogens is 2. The Morgan fingerprint density at radius 3 is 2.62 bits per heavy atom. The minimum atomic E-state index is 0.152. The summed E-state index contributed by atoms with van der Waals surface area (Å²) in [4.78, 5) is 25.5. The highest BCUT2D eigenvalue weighted by molar-refractivity contribution is 5.76. The summed E-state index contributed by atoms with van der Waals surface area (Å²) >= 11 is 0. The average molecular weight is 330 g/mol. The fourth-order valence-corrected chi connectivity index (χ4v) is 3.98. The van der Waals surface area contributed by atoms with Crippen LogP contribution in [0.2, 0.25) is 0 Å². The van der Waals surface area contributed by atoms with Crippen LogP contribution in [0.1, 0.15) is 44.9 Å². The van der Waals surface area contributed by atoms with Crippen LogP contribution in [0.25, 0.3) is 0 Å². The molecule has 1 saturated carbocycles. The van der Waals surface area contributed by atoms with Gasteiger partial charge in [0.1, 0.15) is 12.1 Å². The molecule has 0 aromatic carbocycles. The van der Waals surface area contributed by atoms with E-state index >= 15 is 0 Å². The predicted octanol–water partition coefficient (Wildman–Crippen LogP) is 2.01. The molecular weight excluding hydrogens is 304 g/mol. The van der Waals surface area contributed by atoms with E-state index in [1.54, 1.807) is 6.33 Å². The SMILES string of the molecule is O=C(CC1CCCO1)N1CCC(N(c2ccncn2)C2CC2)CC1. The first-order valence-corrected chi connectivity index (χ1v) is 9.25. The average Bonchev–Trinajstić information content (AvgIpc) is 3.32. The van der Waals surface area contributed by atoms with Crippen molar-refractivity contribution < 1.29 is 9.53 Å². The Morgan fingerprint density at radius 2 is 2.00 bits per heavy atom. The summed E-state index contributed by atoms with van der Waals surface area (Å²) in [5.41, 5.74) is 0. The van der Waals surface area contributed by atoms with E-state index in [4.69, 9.17) is 4.74 Å². The minimum absolute atomic E-state index is 0.152. The minimum Gasteiger partial charge on any atom is -0.378 e. The van der Waals surface area contributed by atoms with Crippen LogP contribution in [0.5, 0.6) is 0 Å². The van der Waals surface area contributed by atoms with Gasteiger partial charge in [0.25, 0.3) is 0 Å². The summed E-state index contributed by atoms with van der Waals surface area (Å²) in [6.45, 7) is 2.52. The standard InChI is InChI=1S/C18H26N4O2/c23-18(12-16-2-1-11-24-16)21-9-6-15(7-10-21)22(14-3-4-14)17-5-8-19-13-20-17/h5,8,13-16H,1-4,6-7,9-12H2. The zero-order valence-corrected chi connectivity index (χ0v) is 14.1. The lowest BCUT2D eigenvalue weighted by Crippen LogP contribution is -2.48. The highest BCUT2D eigenvalue weighted by Gasteiger charge is 2.37. The molecule has 3 fully saturated rings. The fraction of sp³-hybridized carbons (Fsp3) is 0.722. The van der Waals surface area contributed by atoms with Gasteiger partial charge in [-0.05, 0) is 44.6 Å². The number of piperidine rings is 1. The van der Waals surface area contributed by atoms with Crippen molar-refractivity contribution in [1.29, 1.82) is 0 Å². The summed E-state index contributed by atoms with van der Waals surface area (Å²) in [6, 6.07) is 3.12. The molecule has 3 heterocycles. The van der Waals surface area contributed by atoms with Crippen molar-refractivity contribution in [2.75, 3.05) is 24.6 Å². The second kappa shape index (κ2) is 7.05. The van der Waals surface area contributed by atoms with Crippen LogP contribution in [0.3, 0.4) is 0 Å². The number of likely N-dealkylation sites (tertiary alicyclic amines) is 1. The maximum Gasteiger partial charge on any atom is 0.225 e. The van der Waals surface area contributed by atoms with Gasteiger partial charge in [-0.3, -0.25) is 4.79 Å². The number of hydrogen-bond donors (Lipinski definition) is 0. The molecule has 2 saturated heterocycles. The Kier molecular flexibility index (Phi) is 4.65. The topological polar surface area (TPSA) is 58.6 Å². The Morgan fingerprint density at radius 1 is 1.21 bits per heavy atom. The number of anilines is 1.